The van der Waals surface area contributed by atoms with Crippen LogP contribution in [0.2, 0.25) is 5.02 Å². The Morgan fingerprint density at radius 3 is 2.63 bits per heavy atom. The number of hydrogen-bond acceptors (Lipinski definition) is 2. The largest absolute Gasteiger partial charge is 0.492 e. The first-order valence-electron chi connectivity index (χ1n) is 5.96. The number of rotatable bonds is 6. The Balaban J connectivity index is 1.91. The first-order valence-corrected chi connectivity index (χ1v) is 6.34. The number of amides is 1. The molecule has 1 N–H and O–H groups in total. The van der Waals surface area contributed by atoms with E-state index in [1.54, 1.807) is 18.2 Å². The first kappa shape index (κ1) is 13.4. The lowest BCUT2D eigenvalue weighted by atomic mass is 10.2. The van der Waals surface area contributed by atoms with Crippen molar-refractivity contribution >= 4 is 23.7 Å². The average Bonchev–Trinajstić information content (AvgIpc) is 2.43. The van der Waals surface area contributed by atoms with Crippen molar-refractivity contribution in [2.45, 2.75) is 6.42 Å². The van der Waals surface area contributed by atoms with Crippen LogP contribution in [0.15, 0.2) is 48.5 Å². The van der Waals surface area contributed by atoms with Gasteiger partial charge in [-0.15, -0.1) is 0 Å². The van der Waals surface area contributed by atoms with Crippen LogP contribution in [0.5, 0.6) is 5.75 Å². The molecule has 1 amide bonds. The average molecular weight is 276 g/mol. The first-order chi connectivity index (χ1) is 9.29. The zero-order valence-corrected chi connectivity index (χ0v) is 11.1. The highest BCUT2D eigenvalue weighted by Gasteiger charge is 2.03. The fourth-order valence-electron chi connectivity index (χ4n) is 1.70. The molecular formula is C15H14ClNO2. The summed E-state index contributed by atoms with van der Waals surface area (Å²) in [6.07, 6.45) is 1.44. The van der Waals surface area contributed by atoms with E-state index < -0.39 is 0 Å². The molecule has 0 heterocycles. The van der Waals surface area contributed by atoms with E-state index in [-0.39, 0.29) is 0 Å². The van der Waals surface area contributed by atoms with E-state index in [9.17, 15) is 4.79 Å². The predicted octanol–water partition coefficient (Wildman–Crippen LogP) is 3.53. The number of anilines is 1. The molecule has 2 rings (SSSR count). The molecule has 98 valence electrons. The van der Waals surface area contributed by atoms with Gasteiger partial charge in [0.1, 0.15) is 5.75 Å². The van der Waals surface area contributed by atoms with Gasteiger partial charge in [0.15, 0.2) is 0 Å². The monoisotopic (exact) mass is 275 g/mol. The van der Waals surface area contributed by atoms with E-state index in [4.69, 9.17) is 16.3 Å². The summed E-state index contributed by atoms with van der Waals surface area (Å²) < 4.78 is 5.63. The molecule has 3 nitrogen and oxygen atoms in total. The van der Waals surface area contributed by atoms with Crippen molar-refractivity contribution in [3.8, 4) is 5.75 Å². The van der Waals surface area contributed by atoms with Crippen molar-refractivity contribution in [1.82, 2.24) is 0 Å². The number of nitrogens with one attached hydrogen (secondary N) is 1. The summed E-state index contributed by atoms with van der Waals surface area (Å²) in [5, 5.41) is 3.02. The summed E-state index contributed by atoms with van der Waals surface area (Å²) in [5.74, 6) is 0.619. The lowest BCUT2D eigenvalue weighted by Gasteiger charge is -2.09. The number of carbonyl (C=O) groups excluding carboxylic acids is 1. The van der Waals surface area contributed by atoms with E-state index in [0.717, 1.165) is 6.42 Å². The van der Waals surface area contributed by atoms with Crippen molar-refractivity contribution in [3.05, 3.63) is 59.1 Å². The summed E-state index contributed by atoms with van der Waals surface area (Å²) in [5.41, 5.74) is 1.87. The molecule has 0 saturated heterocycles. The highest BCUT2D eigenvalue weighted by atomic mass is 35.5. The topological polar surface area (TPSA) is 38.3 Å². The maximum Gasteiger partial charge on any atom is 0.211 e. The SMILES string of the molecule is O=CNc1ccc(OCCc2ccccc2)c(Cl)c1. The Hall–Kier alpha value is -2.00. The quantitative estimate of drug-likeness (QED) is 0.819. The van der Waals surface area contributed by atoms with Crippen LogP contribution >= 0.6 is 11.6 Å². The molecule has 0 spiro atoms. The van der Waals surface area contributed by atoms with E-state index in [0.29, 0.717) is 29.5 Å². The van der Waals surface area contributed by atoms with Crippen molar-refractivity contribution in [2.75, 3.05) is 11.9 Å². The van der Waals surface area contributed by atoms with Crippen LogP contribution in [-0.4, -0.2) is 13.0 Å². The number of benzene rings is 2. The minimum atomic E-state index is 0.486. The summed E-state index contributed by atoms with van der Waals surface area (Å²) in [4.78, 5) is 10.3. The molecule has 0 aliphatic heterocycles. The van der Waals surface area contributed by atoms with Crippen LogP contribution in [0.4, 0.5) is 5.69 Å². The third-order valence-electron chi connectivity index (χ3n) is 2.65. The van der Waals surface area contributed by atoms with Crippen LogP contribution < -0.4 is 10.1 Å². The maximum absolute atomic E-state index is 10.3. The third kappa shape index (κ3) is 4.00. The minimum absolute atomic E-state index is 0.486. The second-order valence-corrected chi connectivity index (χ2v) is 4.40. The number of carbonyl (C=O) groups is 1. The molecule has 19 heavy (non-hydrogen) atoms. The summed E-state index contributed by atoms with van der Waals surface area (Å²) in [6, 6.07) is 15.3. The van der Waals surface area contributed by atoms with Gasteiger partial charge in [-0.05, 0) is 23.8 Å². The Labute approximate surface area is 117 Å². The molecule has 0 aliphatic rings. The number of hydrogen-bond donors (Lipinski definition) is 1. The van der Waals surface area contributed by atoms with E-state index in [1.165, 1.54) is 5.56 Å². The molecule has 0 saturated carbocycles. The standard InChI is InChI=1S/C15H14ClNO2/c16-14-10-13(17-11-18)6-7-15(14)19-9-8-12-4-2-1-3-5-12/h1-7,10-11H,8-9H2,(H,17,18). The van der Waals surface area contributed by atoms with Crippen LogP contribution in [-0.2, 0) is 11.2 Å². The zero-order chi connectivity index (χ0) is 13.5. The maximum atomic E-state index is 10.3. The number of halogens is 1. The van der Waals surface area contributed by atoms with Gasteiger partial charge >= 0.3 is 0 Å². The zero-order valence-electron chi connectivity index (χ0n) is 10.3. The van der Waals surface area contributed by atoms with Crippen molar-refractivity contribution < 1.29 is 9.53 Å². The van der Waals surface area contributed by atoms with Gasteiger partial charge in [0.05, 0.1) is 11.6 Å². The Bertz CT molecular complexity index is 543. The molecule has 0 aromatic heterocycles. The molecule has 4 heteroatoms. The van der Waals surface area contributed by atoms with Crippen LogP contribution in [0, 0.1) is 0 Å². The van der Waals surface area contributed by atoms with Gasteiger partial charge in [-0.1, -0.05) is 41.9 Å². The second-order valence-electron chi connectivity index (χ2n) is 3.99. The van der Waals surface area contributed by atoms with Gasteiger partial charge in [-0.3, -0.25) is 4.79 Å². The molecule has 0 fully saturated rings. The molecule has 2 aromatic rings. The van der Waals surface area contributed by atoms with Crippen molar-refractivity contribution in [2.24, 2.45) is 0 Å². The normalized spacial score (nSPS) is 9.95. The molecule has 0 bridgehead atoms. The summed E-state index contributed by atoms with van der Waals surface area (Å²) in [6.45, 7) is 0.560. The lowest BCUT2D eigenvalue weighted by molar-refractivity contribution is -0.105. The third-order valence-corrected chi connectivity index (χ3v) is 2.94. The summed E-state index contributed by atoms with van der Waals surface area (Å²) >= 11 is 6.07. The van der Waals surface area contributed by atoms with Crippen molar-refractivity contribution in [1.29, 1.82) is 0 Å². The van der Waals surface area contributed by atoms with Crippen LogP contribution in [0.3, 0.4) is 0 Å². The Kier molecular flexibility index (Phi) is 4.81. The van der Waals surface area contributed by atoms with Gasteiger partial charge in [0.25, 0.3) is 0 Å². The fraction of sp³-hybridized carbons (Fsp3) is 0.133. The highest BCUT2D eigenvalue weighted by Crippen LogP contribution is 2.27. The van der Waals surface area contributed by atoms with E-state index in [2.05, 4.69) is 17.4 Å². The van der Waals surface area contributed by atoms with Crippen molar-refractivity contribution in [3.63, 3.8) is 0 Å². The van der Waals surface area contributed by atoms with Gasteiger partial charge < -0.3 is 10.1 Å². The highest BCUT2D eigenvalue weighted by molar-refractivity contribution is 6.32. The van der Waals surface area contributed by atoms with Gasteiger partial charge in [-0.25, -0.2) is 0 Å². The lowest BCUT2D eigenvalue weighted by Crippen LogP contribution is -2.02. The Morgan fingerprint density at radius 2 is 1.95 bits per heavy atom. The summed E-state index contributed by atoms with van der Waals surface area (Å²) in [7, 11) is 0. The molecule has 0 atom stereocenters. The second kappa shape index (κ2) is 6.81. The predicted molar refractivity (Wildman–Crippen MR) is 76.8 cm³/mol. The molecule has 0 unspecified atom stereocenters. The molecular weight excluding hydrogens is 262 g/mol. The molecule has 0 radical (unpaired) electrons. The Morgan fingerprint density at radius 1 is 1.16 bits per heavy atom. The van der Waals surface area contributed by atoms with Gasteiger partial charge in [0, 0.05) is 12.1 Å². The van der Waals surface area contributed by atoms with Gasteiger partial charge in [-0.2, -0.15) is 0 Å². The number of ether oxygens (including phenoxy) is 1. The fourth-order valence-corrected chi connectivity index (χ4v) is 1.93. The van der Waals surface area contributed by atoms with E-state index in [1.807, 2.05) is 18.2 Å². The van der Waals surface area contributed by atoms with E-state index >= 15 is 0 Å². The molecule has 2 aromatic carbocycles. The van der Waals surface area contributed by atoms with Crippen LogP contribution in [0.25, 0.3) is 0 Å². The minimum Gasteiger partial charge on any atom is -0.492 e. The van der Waals surface area contributed by atoms with Gasteiger partial charge in [0.2, 0.25) is 6.41 Å². The smallest absolute Gasteiger partial charge is 0.211 e. The van der Waals surface area contributed by atoms with Crippen LogP contribution in [0.1, 0.15) is 5.56 Å². The molecule has 0 aliphatic carbocycles.